The lowest BCUT2D eigenvalue weighted by molar-refractivity contribution is -0.118. The van der Waals surface area contributed by atoms with E-state index >= 15 is 0 Å². The number of rotatable bonds is 8. The number of aromatic nitrogens is 2. The van der Waals surface area contributed by atoms with E-state index in [1.54, 1.807) is 12.1 Å². The minimum Gasteiger partial charge on any atom is -0.507 e. The molecule has 0 unspecified atom stereocenters. The van der Waals surface area contributed by atoms with Gasteiger partial charge in [0.15, 0.2) is 5.16 Å². The zero-order valence-electron chi connectivity index (χ0n) is 16.1. The average molecular weight is 388 g/mol. The molecule has 0 spiro atoms. The molecular formula is C19H25N5O2S. The average Bonchev–Trinajstić information content (AvgIpc) is 2.62. The van der Waals surface area contributed by atoms with Crippen molar-refractivity contribution < 1.29 is 9.90 Å². The number of nitrogens with one attached hydrogen (secondary N) is 1. The largest absolute Gasteiger partial charge is 0.507 e. The Balaban J connectivity index is 1.89. The maximum Gasteiger partial charge on any atom is 0.250 e. The van der Waals surface area contributed by atoms with Gasteiger partial charge >= 0.3 is 0 Å². The number of amides is 1. The maximum atomic E-state index is 11.9. The molecule has 1 aromatic carbocycles. The molecule has 1 aromatic heterocycles. The molecule has 0 fully saturated rings. The van der Waals surface area contributed by atoms with Gasteiger partial charge in [0.25, 0.3) is 5.91 Å². The lowest BCUT2D eigenvalue weighted by Crippen LogP contribution is -2.21. The second-order valence-electron chi connectivity index (χ2n) is 5.93. The van der Waals surface area contributed by atoms with Crippen LogP contribution in [-0.2, 0) is 4.79 Å². The molecule has 7 nitrogen and oxygen atoms in total. The summed E-state index contributed by atoms with van der Waals surface area (Å²) < 4.78 is 0. The first-order valence-electron chi connectivity index (χ1n) is 8.77. The third-order valence-electron chi connectivity index (χ3n) is 3.83. The van der Waals surface area contributed by atoms with Gasteiger partial charge in [-0.05, 0) is 45.9 Å². The zero-order valence-corrected chi connectivity index (χ0v) is 16.9. The summed E-state index contributed by atoms with van der Waals surface area (Å²) in [6.45, 7) is 9.63. The Bertz CT molecular complexity index is 801. The maximum absolute atomic E-state index is 11.9. The molecule has 0 aliphatic carbocycles. The van der Waals surface area contributed by atoms with E-state index < -0.39 is 0 Å². The lowest BCUT2D eigenvalue weighted by Gasteiger charge is -2.21. The quantitative estimate of drug-likeness (QED) is 0.313. The summed E-state index contributed by atoms with van der Waals surface area (Å²) in [5, 5.41) is 14.6. The summed E-state index contributed by atoms with van der Waals surface area (Å²) >= 11 is 1.25. The third kappa shape index (κ3) is 6.25. The predicted octanol–water partition coefficient (Wildman–Crippen LogP) is 2.89. The number of phenols is 1. The van der Waals surface area contributed by atoms with Crippen LogP contribution in [0.25, 0.3) is 0 Å². The van der Waals surface area contributed by atoms with Gasteiger partial charge in [-0.3, -0.25) is 4.79 Å². The molecule has 8 heteroatoms. The molecule has 2 rings (SSSR count). The van der Waals surface area contributed by atoms with Crippen molar-refractivity contribution in [3.8, 4) is 5.75 Å². The molecule has 1 amide bonds. The number of aryl methyl sites for hydroxylation is 2. The smallest absolute Gasteiger partial charge is 0.250 e. The highest BCUT2D eigenvalue weighted by Gasteiger charge is 2.07. The standard InChI is InChI=1S/C19H25N5O2S/c1-5-24(6-2)16-8-7-15(17(25)10-16)11-20-23-18(26)12-27-19-21-13(3)9-14(4)22-19/h7-11,25H,5-6,12H2,1-4H3,(H,23,26). The van der Waals surface area contributed by atoms with Gasteiger partial charge in [0.05, 0.1) is 12.0 Å². The van der Waals surface area contributed by atoms with Crippen molar-refractivity contribution in [2.45, 2.75) is 32.9 Å². The second kappa shape index (κ2) is 9.91. The van der Waals surface area contributed by atoms with Crippen LogP contribution in [0.15, 0.2) is 34.5 Å². The summed E-state index contributed by atoms with van der Waals surface area (Å²) in [7, 11) is 0. The molecule has 0 saturated heterocycles. The van der Waals surface area contributed by atoms with Crippen LogP contribution in [0.1, 0.15) is 30.8 Å². The van der Waals surface area contributed by atoms with Crippen LogP contribution < -0.4 is 10.3 Å². The van der Waals surface area contributed by atoms with E-state index in [2.05, 4.69) is 39.2 Å². The normalized spacial score (nSPS) is 11.0. The van der Waals surface area contributed by atoms with Gasteiger partial charge in [-0.25, -0.2) is 15.4 Å². The summed E-state index contributed by atoms with van der Waals surface area (Å²) in [4.78, 5) is 22.6. The summed E-state index contributed by atoms with van der Waals surface area (Å²) in [6, 6.07) is 7.27. The first-order chi connectivity index (χ1) is 12.9. The highest BCUT2D eigenvalue weighted by Crippen LogP contribution is 2.23. The molecule has 0 saturated carbocycles. The number of hydrogen-bond acceptors (Lipinski definition) is 7. The molecule has 1 heterocycles. The van der Waals surface area contributed by atoms with Crippen LogP contribution in [-0.4, -0.2) is 46.0 Å². The van der Waals surface area contributed by atoms with Crippen molar-refractivity contribution in [2.75, 3.05) is 23.7 Å². The van der Waals surface area contributed by atoms with Crippen molar-refractivity contribution >= 4 is 29.6 Å². The topological polar surface area (TPSA) is 90.7 Å². The fourth-order valence-corrected chi connectivity index (χ4v) is 3.26. The molecule has 144 valence electrons. The Morgan fingerprint density at radius 3 is 2.48 bits per heavy atom. The van der Waals surface area contributed by atoms with Crippen LogP contribution in [0.3, 0.4) is 0 Å². The van der Waals surface area contributed by atoms with Gasteiger partial charge in [0.1, 0.15) is 5.75 Å². The van der Waals surface area contributed by atoms with E-state index in [9.17, 15) is 9.90 Å². The van der Waals surface area contributed by atoms with Gasteiger partial charge < -0.3 is 10.0 Å². The van der Waals surface area contributed by atoms with Crippen LogP contribution in [0, 0.1) is 13.8 Å². The fraction of sp³-hybridized carbons (Fsp3) is 0.368. The van der Waals surface area contributed by atoms with E-state index in [1.165, 1.54) is 18.0 Å². The molecule has 0 aliphatic heterocycles. The van der Waals surface area contributed by atoms with E-state index in [1.807, 2.05) is 26.0 Å². The number of anilines is 1. The molecule has 0 bridgehead atoms. The Hall–Kier alpha value is -2.61. The monoisotopic (exact) mass is 387 g/mol. The molecule has 0 radical (unpaired) electrons. The number of carbonyl (C=O) groups excluding carboxylic acids is 1. The number of phenolic OH excluding ortho intramolecular Hbond substituents is 1. The number of hydrogen-bond donors (Lipinski definition) is 2. The van der Waals surface area contributed by atoms with Crippen molar-refractivity contribution in [3.63, 3.8) is 0 Å². The lowest BCUT2D eigenvalue weighted by atomic mass is 10.2. The molecule has 0 aliphatic rings. The second-order valence-corrected chi connectivity index (χ2v) is 6.87. The van der Waals surface area contributed by atoms with Gasteiger partial charge in [-0.1, -0.05) is 11.8 Å². The number of thioether (sulfide) groups is 1. The summed E-state index contributed by atoms with van der Waals surface area (Å²) in [6.07, 6.45) is 1.43. The minimum atomic E-state index is -0.265. The highest BCUT2D eigenvalue weighted by molar-refractivity contribution is 7.99. The highest BCUT2D eigenvalue weighted by atomic mass is 32.2. The van der Waals surface area contributed by atoms with E-state index in [0.717, 1.165) is 30.2 Å². The van der Waals surface area contributed by atoms with Crippen molar-refractivity contribution in [2.24, 2.45) is 5.10 Å². The Morgan fingerprint density at radius 2 is 1.89 bits per heavy atom. The SMILES string of the molecule is CCN(CC)c1ccc(C=NNC(=O)CSc2nc(C)cc(C)n2)c(O)c1. The fourth-order valence-electron chi connectivity index (χ4n) is 2.52. The van der Waals surface area contributed by atoms with Gasteiger partial charge in [-0.2, -0.15) is 5.10 Å². The molecular weight excluding hydrogens is 362 g/mol. The zero-order chi connectivity index (χ0) is 19.8. The van der Waals surface area contributed by atoms with Crippen LogP contribution in [0.4, 0.5) is 5.69 Å². The van der Waals surface area contributed by atoms with Crippen LogP contribution in [0.5, 0.6) is 5.75 Å². The summed E-state index contributed by atoms with van der Waals surface area (Å²) in [5.41, 5.74) is 5.67. The van der Waals surface area contributed by atoms with Crippen molar-refractivity contribution in [3.05, 3.63) is 41.2 Å². The van der Waals surface area contributed by atoms with Crippen molar-refractivity contribution in [1.29, 1.82) is 0 Å². The minimum absolute atomic E-state index is 0.121. The Morgan fingerprint density at radius 1 is 1.22 bits per heavy atom. The number of hydrazone groups is 1. The molecule has 0 atom stereocenters. The molecule has 27 heavy (non-hydrogen) atoms. The number of benzene rings is 1. The predicted molar refractivity (Wildman–Crippen MR) is 110 cm³/mol. The van der Waals surface area contributed by atoms with E-state index in [0.29, 0.717) is 10.7 Å². The molecule has 2 aromatic rings. The third-order valence-corrected chi connectivity index (χ3v) is 4.68. The van der Waals surface area contributed by atoms with Gasteiger partial charge in [0, 0.05) is 41.8 Å². The first kappa shape index (κ1) is 20.7. The number of aromatic hydroxyl groups is 1. The Kier molecular flexibility index (Phi) is 7.60. The van der Waals surface area contributed by atoms with Gasteiger partial charge in [0.2, 0.25) is 0 Å². The molecule has 2 N–H and O–H groups in total. The number of carbonyl (C=O) groups is 1. The Labute approximate surface area is 163 Å². The van der Waals surface area contributed by atoms with E-state index in [4.69, 9.17) is 0 Å². The van der Waals surface area contributed by atoms with Crippen molar-refractivity contribution in [1.82, 2.24) is 15.4 Å². The van der Waals surface area contributed by atoms with Crippen LogP contribution >= 0.6 is 11.8 Å². The van der Waals surface area contributed by atoms with Gasteiger partial charge in [-0.15, -0.1) is 0 Å². The van der Waals surface area contributed by atoms with E-state index in [-0.39, 0.29) is 17.4 Å². The summed E-state index contributed by atoms with van der Waals surface area (Å²) in [5.74, 6) is 0.0151. The number of nitrogens with zero attached hydrogens (tertiary/aromatic N) is 4. The first-order valence-corrected chi connectivity index (χ1v) is 9.76. The van der Waals surface area contributed by atoms with Crippen LogP contribution in [0.2, 0.25) is 0 Å².